The van der Waals surface area contributed by atoms with Crippen LogP contribution in [0.15, 0.2) is 18.2 Å². The van der Waals surface area contributed by atoms with E-state index in [-0.39, 0.29) is 17.5 Å². The molecule has 1 aliphatic carbocycles. The zero-order chi connectivity index (χ0) is 12.4. The lowest BCUT2D eigenvalue weighted by molar-refractivity contribution is 0.0948. The maximum atomic E-state index is 13.3. The molecule has 2 nitrogen and oxygen atoms in total. The van der Waals surface area contributed by atoms with Gasteiger partial charge in [0.2, 0.25) is 0 Å². The molecule has 1 aromatic rings. The molecular formula is C12H12ClF2NO. The first-order chi connectivity index (χ1) is 8.09. The molecule has 0 heterocycles. The summed E-state index contributed by atoms with van der Waals surface area (Å²) in [4.78, 5) is 11.6. The second-order valence-electron chi connectivity index (χ2n) is 4.16. The molecule has 1 N–H and O–H groups in total. The lowest BCUT2D eigenvalue weighted by Gasteiger charge is -2.10. The number of amides is 1. The van der Waals surface area contributed by atoms with E-state index in [1.54, 1.807) is 0 Å². The van der Waals surface area contributed by atoms with E-state index in [4.69, 9.17) is 11.6 Å². The van der Waals surface area contributed by atoms with Crippen molar-refractivity contribution in [2.45, 2.75) is 18.2 Å². The van der Waals surface area contributed by atoms with Crippen molar-refractivity contribution in [2.24, 2.45) is 5.92 Å². The van der Waals surface area contributed by atoms with Crippen LogP contribution in [-0.4, -0.2) is 17.8 Å². The fourth-order valence-corrected chi connectivity index (χ4v) is 1.92. The van der Waals surface area contributed by atoms with Crippen LogP contribution < -0.4 is 5.32 Å². The molecule has 92 valence electrons. The number of halogens is 3. The largest absolute Gasteiger partial charge is 0.350 e. The monoisotopic (exact) mass is 259 g/mol. The van der Waals surface area contributed by atoms with Gasteiger partial charge in [0.05, 0.1) is 10.9 Å². The van der Waals surface area contributed by atoms with Crippen molar-refractivity contribution in [2.75, 3.05) is 6.54 Å². The third-order valence-corrected chi connectivity index (χ3v) is 3.30. The zero-order valence-electron chi connectivity index (χ0n) is 9.05. The van der Waals surface area contributed by atoms with E-state index in [1.165, 1.54) is 12.1 Å². The summed E-state index contributed by atoms with van der Waals surface area (Å²) in [6.07, 6.45) is 2.14. The van der Waals surface area contributed by atoms with Crippen molar-refractivity contribution in [1.82, 2.24) is 5.32 Å². The first-order valence-corrected chi connectivity index (χ1v) is 5.89. The number of nitrogens with one attached hydrogen (secondary N) is 1. The van der Waals surface area contributed by atoms with Crippen LogP contribution in [0, 0.1) is 17.6 Å². The zero-order valence-corrected chi connectivity index (χ0v) is 9.81. The van der Waals surface area contributed by atoms with E-state index < -0.39 is 17.5 Å². The van der Waals surface area contributed by atoms with Gasteiger partial charge in [-0.2, -0.15) is 0 Å². The maximum Gasteiger partial charge on any atom is 0.254 e. The molecular weight excluding hydrogens is 248 g/mol. The van der Waals surface area contributed by atoms with Crippen LogP contribution in [0.25, 0.3) is 0 Å². The van der Waals surface area contributed by atoms with Crippen LogP contribution >= 0.6 is 11.6 Å². The van der Waals surface area contributed by atoms with Gasteiger partial charge in [0, 0.05) is 6.54 Å². The molecule has 17 heavy (non-hydrogen) atoms. The molecule has 0 bridgehead atoms. The van der Waals surface area contributed by atoms with Crippen LogP contribution in [0.5, 0.6) is 0 Å². The summed E-state index contributed by atoms with van der Waals surface area (Å²) in [5.74, 6) is -2.34. The molecule has 1 aliphatic rings. The smallest absolute Gasteiger partial charge is 0.254 e. The molecule has 1 saturated carbocycles. The highest BCUT2D eigenvalue weighted by atomic mass is 35.5. The topological polar surface area (TPSA) is 29.1 Å². The molecule has 2 rings (SSSR count). The van der Waals surface area contributed by atoms with Crippen LogP contribution in [0.3, 0.4) is 0 Å². The summed E-state index contributed by atoms with van der Waals surface area (Å²) in [6, 6.07) is 3.52. The van der Waals surface area contributed by atoms with E-state index in [1.807, 2.05) is 0 Å². The molecule has 1 unspecified atom stereocenters. The highest BCUT2D eigenvalue weighted by Gasteiger charge is 2.30. The molecule has 0 spiro atoms. The first-order valence-electron chi connectivity index (χ1n) is 5.46. The first kappa shape index (κ1) is 12.3. The molecule has 5 heteroatoms. The van der Waals surface area contributed by atoms with Gasteiger partial charge in [-0.25, -0.2) is 8.78 Å². The minimum Gasteiger partial charge on any atom is -0.350 e. The summed E-state index contributed by atoms with van der Waals surface area (Å²) >= 11 is 6.00. The highest BCUT2D eigenvalue weighted by Crippen LogP contribution is 2.35. The van der Waals surface area contributed by atoms with Crippen LogP contribution in [0.1, 0.15) is 23.2 Å². The van der Waals surface area contributed by atoms with Crippen molar-refractivity contribution in [3.63, 3.8) is 0 Å². The van der Waals surface area contributed by atoms with E-state index in [0.717, 1.165) is 18.9 Å². The number of hydrogen-bond acceptors (Lipinski definition) is 1. The van der Waals surface area contributed by atoms with E-state index in [9.17, 15) is 13.6 Å². The van der Waals surface area contributed by atoms with Gasteiger partial charge < -0.3 is 5.32 Å². The van der Waals surface area contributed by atoms with Gasteiger partial charge in [-0.3, -0.25) is 4.79 Å². The van der Waals surface area contributed by atoms with Crippen LogP contribution in [-0.2, 0) is 0 Å². The SMILES string of the molecule is O=C(NCC(Cl)C1CC1)c1cccc(F)c1F. The van der Waals surface area contributed by atoms with Crippen molar-refractivity contribution in [1.29, 1.82) is 0 Å². The Morgan fingerprint density at radius 3 is 2.82 bits per heavy atom. The summed E-state index contributed by atoms with van der Waals surface area (Å²) in [5.41, 5.74) is -0.287. The predicted molar refractivity (Wildman–Crippen MR) is 61.1 cm³/mol. The second kappa shape index (κ2) is 5.00. The van der Waals surface area contributed by atoms with Gasteiger partial charge in [-0.05, 0) is 30.9 Å². The lowest BCUT2D eigenvalue weighted by atomic mass is 10.2. The quantitative estimate of drug-likeness (QED) is 0.828. The van der Waals surface area contributed by atoms with Crippen LogP contribution in [0.2, 0.25) is 0 Å². The van der Waals surface area contributed by atoms with E-state index >= 15 is 0 Å². The third-order valence-electron chi connectivity index (χ3n) is 2.79. The average Bonchev–Trinajstić information content (AvgIpc) is 3.13. The maximum absolute atomic E-state index is 13.3. The van der Waals surface area contributed by atoms with Crippen molar-refractivity contribution < 1.29 is 13.6 Å². The van der Waals surface area contributed by atoms with Crippen LogP contribution in [0.4, 0.5) is 8.78 Å². The predicted octanol–water partition coefficient (Wildman–Crippen LogP) is 2.71. The summed E-state index contributed by atoms with van der Waals surface area (Å²) in [7, 11) is 0. The number of alkyl halides is 1. The second-order valence-corrected chi connectivity index (χ2v) is 4.73. The molecule has 0 saturated heterocycles. The van der Waals surface area contributed by atoms with Crippen molar-refractivity contribution in [3.8, 4) is 0 Å². The average molecular weight is 260 g/mol. The number of carbonyl (C=O) groups is 1. The number of hydrogen-bond donors (Lipinski definition) is 1. The van der Waals surface area contributed by atoms with Gasteiger partial charge in [-0.1, -0.05) is 6.07 Å². The Morgan fingerprint density at radius 2 is 2.18 bits per heavy atom. The number of benzene rings is 1. The van der Waals surface area contributed by atoms with Gasteiger partial charge in [0.15, 0.2) is 11.6 Å². The van der Waals surface area contributed by atoms with E-state index in [2.05, 4.69) is 5.32 Å². The molecule has 1 aromatic carbocycles. The third kappa shape index (κ3) is 2.94. The number of carbonyl (C=O) groups excluding carboxylic acids is 1. The highest BCUT2D eigenvalue weighted by molar-refractivity contribution is 6.21. The Labute approximate surface area is 103 Å². The molecule has 0 aromatic heterocycles. The standard InChI is InChI=1S/C12H12ClF2NO/c13-9(7-4-5-7)6-16-12(17)8-2-1-3-10(14)11(8)15/h1-3,7,9H,4-6H2,(H,16,17). The normalized spacial score (nSPS) is 16.6. The molecule has 1 fully saturated rings. The Morgan fingerprint density at radius 1 is 1.47 bits per heavy atom. The molecule has 0 aliphatic heterocycles. The van der Waals surface area contributed by atoms with Crippen molar-refractivity contribution >= 4 is 17.5 Å². The summed E-state index contributed by atoms with van der Waals surface area (Å²) in [6.45, 7) is 0.279. The summed E-state index contributed by atoms with van der Waals surface area (Å²) in [5, 5.41) is 2.38. The van der Waals surface area contributed by atoms with Gasteiger partial charge in [0.1, 0.15) is 0 Å². The number of rotatable bonds is 4. The van der Waals surface area contributed by atoms with Crippen molar-refractivity contribution in [3.05, 3.63) is 35.4 Å². The van der Waals surface area contributed by atoms with Gasteiger partial charge in [0.25, 0.3) is 5.91 Å². The fourth-order valence-electron chi connectivity index (χ4n) is 1.59. The minimum atomic E-state index is -1.12. The Balaban J connectivity index is 1.96. The fraction of sp³-hybridized carbons (Fsp3) is 0.417. The molecule has 0 radical (unpaired) electrons. The molecule has 1 amide bonds. The Bertz CT molecular complexity index is 435. The Hall–Kier alpha value is -1.16. The minimum absolute atomic E-state index is 0.129. The molecule has 1 atom stereocenters. The Kier molecular flexibility index (Phi) is 3.62. The van der Waals surface area contributed by atoms with Gasteiger partial charge >= 0.3 is 0 Å². The lowest BCUT2D eigenvalue weighted by Crippen LogP contribution is -2.31. The van der Waals surface area contributed by atoms with E-state index in [0.29, 0.717) is 5.92 Å². The van der Waals surface area contributed by atoms with Gasteiger partial charge in [-0.15, -0.1) is 11.6 Å². The summed E-state index contributed by atoms with van der Waals surface area (Å²) < 4.78 is 26.2.